The number of amides is 1. The number of benzene rings is 3. The molecule has 0 atom stereocenters. The van der Waals surface area contributed by atoms with Crippen molar-refractivity contribution in [2.75, 3.05) is 28.1 Å². The van der Waals surface area contributed by atoms with Crippen LogP contribution in [0.1, 0.15) is 15.9 Å². The Morgan fingerprint density at radius 3 is 2.00 bits per heavy atom. The summed E-state index contributed by atoms with van der Waals surface area (Å²) in [5, 5.41) is 2.66. The number of hydrogen-bond donors (Lipinski definition) is 3. The number of nitrogens with one attached hydrogen (secondary N) is 3. The first-order valence-electron chi connectivity index (χ1n) is 9.63. The first-order valence-corrected chi connectivity index (χ1v) is 13.0. The van der Waals surface area contributed by atoms with Crippen molar-refractivity contribution in [1.29, 1.82) is 0 Å². The number of anilines is 3. The van der Waals surface area contributed by atoms with Gasteiger partial charge in [0.05, 0.1) is 23.9 Å². The highest BCUT2D eigenvalue weighted by Gasteiger charge is 2.15. The van der Waals surface area contributed by atoms with E-state index in [4.69, 9.17) is 4.74 Å². The van der Waals surface area contributed by atoms with Gasteiger partial charge in [-0.3, -0.25) is 14.2 Å². The molecule has 0 aromatic heterocycles. The van der Waals surface area contributed by atoms with Crippen LogP contribution in [0.5, 0.6) is 5.75 Å². The van der Waals surface area contributed by atoms with E-state index in [-0.39, 0.29) is 10.5 Å². The second-order valence-electron chi connectivity index (χ2n) is 7.22. The lowest BCUT2D eigenvalue weighted by Gasteiger charge is -2.12. The maximum absolute atomic E-state index is 12.6. The van der Waals surface area contributed by atoms with Gasteiger partial charge in [0.15, 0.2) is 0 Å². The maximum Gasteiger partial charge on any atom is 0.261 e. The molecule has 33 heavy (non-hydrogen) atoms. The first kappa shape index (κ1) is 24.1. The third-order valence-electron chi connectivity index (χ3n) is 4.56. The molecule has 0 bridgehead atoms. The van der Waals surface area contributed by atoms with Crippen LogP contribution in [0.3, 0.4) is 0 Å². The molecule has 3 N–H and O–H groups in total. The first-order chi connectivity index (χ1) is 15.5. The monoisotopic (exact) mass is 489 g/mol. The zero-order valence-corrected chi connectivity index (χ0v) is 19.7. The van der Waals surface area contributed by atoms with E-state index in [9.17, 15) is 21.6 Å². The van der Waals surface area contributed by atoms with Crippen molar-refractivity contribution in [1.82, 2.24) is 0 Å². The molecule has 0 aliphatic heterocycles. The van der Waals surface area contributed by atoms with E-state index in [2.05, 4.69) is 14.8 Å². The van der Waals surface area contributed by atoms with Gasteiger partial charge in [0, 0.05) is 16.9 Å². The molecule has 0 saturated carbocycles. The quantitative estimate of drug-likeness (QED) is 0.444. The largest absolute Gasteiger partial charge is 0.497 e. The number of aryl methyl sites for hydroxylation is 1. The summed E-state index contributed by atoms with van der Waals surface area (Å²) < 4.78 is 58.1. The van der Waals surface area contributed by atoms with Crippen LogP contribution in [0.2, 0.25) is 0 Å². The zero-order valence-electron chi connectivity index (χ0n) is 18.1. The third kappa shape index (κ3) is 6.46. The molecular formula is C22H23N3O6S2. The van der Waals surface area contributed by atoms with Crippen LogP contribution in [-0.4, -0.2) is 36.1 Å². The average Bonchev–Trinajstić information content (AvgIpc) is 2.75. The predicted molar refractivity (Wildman–Crippen MR) is 128 cm³/mol. The predicted octanol–water partition coefficient (Wildman–Crippen LogP) is 3.43. The van der Waals surface area contributed by atoms with Gasteiger partial charge in [0.1, 0.15) is 5.75 Å². The van der Waals surface area contributed by atoms with Gasteiger partial charge in [-0.1, -0.05) is 6.07 Å². The van der Waals surface area contributed by atoms with E-state index in [1.165, 1.54) is 37.4 Å². The van der Waals surface area contributed by atoms with Crippen LogP contribution >= 0.6 is 0 Å². The Kier molecular flexibility index (Phi) is 6.94. The van der Waals surface area contributed by atoms with Crippen LogP contribution in [0, 0.1) is 6.92 Å². The summed E-state index contributed by atoms with van der Waals surface area (Å²) >= 11 is 0. The SMILES string of the molecule is COc1ccc(NS(=O)(=O)c2ccc(NC(=O)c3ccc(C)c(NS(C)(=O)=O)c3)cc2)cc1. The molecule has 0 spiro atoms. The standard InChI is InChI=1S/C22H23N3O6S2/c1-15-4-5-16(14-21(15)25-32(3,27)28)22(26)23-17-8-12-20(13-9-17)33(29,30)24-18-6-10-19(31-2)11-7-18/h4-14,24-25H,1-3H3,(H,23,26). The summed E-state index contributed by atoms with van der Waals surface area (Å²) in [6.07, 6.45) is 1.03. The van der Waals surface area contributed by atoms with Gasteiger partial charge in [0.25, 0.3) is 15.9 Å². The van der Waals surface area contributed by atoms with E-state index in [0.717, 1.165) is 6.26 Å². The molecule has 9 nitrogen and oxygen atoms in total. The van der Waals surface area contributed by atoms with Crippen LogP contribution in [0.4, 0.5) is 17.1 Å². The van der Waals surface area contributed by atoms with Gasteiger partial charge in [-0.25, -0.2) is 16.8 Å². The summed E-state index contributed by atoms with van der Waals surface area (Å²) in [7, 11) is -5.81. The minimum Gasteiger partial charge on any atom is -0.497 e. The lowest BCUT2D eigenvalue weighted by atomic mass is 10.1. The van der Waals surface area contributed by atoms with Gasteiger partial charge in [-0.2, -0.15) is 0 Å². The van der Waals surface area contributed by atoms with Crippen molar-refractivity contribution in [2.24, 2.45) is 0 Å². The van der Waals surface area contributed by atoms with E-state index < -0.39 is 26.0 Å². The van der Waals surface area contributed by atoms with Crippen molar-refractivity contribution < 1.29 is 26.4 Å². The van der Waals surface area contributed by atoms with Crippen molar-refractivity contribution in [2.45, 2.75) is 11.8 Å². The normalized spacial score (nSPS) is 11.5. The summed E-state index contributed by atoms with van der Waals surface area (Å²) in [5.41, 5.74) is 1.96. The van der Waals surface area contributed by atoms with Crippen LogP contribution in [-0.2, 0) is 20.0 Å². The molecule has 3 rings (SSSR count). The van der Waals surface area contributed by atoms with Gasteiger partial charge < -0.3 is 10.1 Å². The Hall–Kier alpha value is -3.57. The molecule has 11 heteroatoms. The highest BCUT2D eigenvalue weighted by molar-refractivity contribution is 7.92. The minimum absolute atomic E-state index is 0.0197. The van der Waals surface area contributed by atoms with Gasteiger partial charge in [-0.05, 0) is 73.2 Å². The maximum atomic E-state index is 12.6. The Labute approximate surface area is 192 Å². The number of sulfonamides is 2. The Bertz CT molecular complexity index is 1370. The summed E-state index contributed by atoms with van der Waals surface area (Å²) in [6, 6.07) is 16.7. The second-order valence-corrected chi connectivity index (χ2v) is 10.6. The van der Waals surface area contributed by atoms with Gasteiger partial charge in [-0.15, -0.1) is 0 Å². The molecule has 0 heterocycles. The number of hydrogen-bond acceptors (Lipinski definition) is 6. The lowest BCUT2D eigenvalue weighted by Crippen LogP contribution is -2.15. The lowest BCUT2D eigenvalue weighted by molar-refractivity contribution is 0.102. The Morgan fingerprint density at radius 1 is 0.818 bits per heavy atom. The van der Waals surface area contributed by atoms with Crippen LogP contribution in [0.25, 0.3) is 0 Å². The van der Waals surface area contributed by atoms with Crippen molar-refractivity contribution in [3.05, 3.63) is 77.9 Å². The summed E-state index contributed by atoms with van der Waals surface area (Å²) in [4.78, 5) is 12.6. The molecule has 0 fully saturated rings. The van der Waals surface area contributed by atoms with Crippen molar-refractivity contribution in [3.63, 3.8) is 0 Å². The minimum atomic E-state index is -3.83. The number of carbonyl (C=O) groups excluding carboxylic acids is 1. The van der Waals surface area contributed by atoms with Crippen molar-refractivity contribution in [3.8, 4) is 5.75 Å². The number of rotatable bonds is 8. The van der Waals surface area contributed by atoms with E-state index in [1.54, 1.807) is 43.3 Å². The molecule has 3 aromatic rings. The molecule has 1 amide bonds. The molecule has 174 valence electrons. The third-order valence-corrected chi connectivity index (χ3v) is 6.55. The summed E-state index contributed by atoms with van der Waals surface area (Å²) in [5.74, 6) is 0.129. The van der Waals surface area contributed by atoms with E-state index in [0.29, 0.717) is 28.4 Å². The van der Waals surface area contributed by atoms with Crippen molar-refractivity contribution >= 4 is 43.0 Å². The fraction of sp³-hybridized carbons (Fsp3) is 0.136. The Morgan fingerprint density at radius 2 is 1.42 bits per heavy atom. The van der Waals surface area contributed by atoms with Gasteiger partial charge >= 0.3 is 0 Å². The van der Waals surface area contributed by atoms with Crippen LogP contribution < -0.4 is 19.5 Å². The second kappa shape index (κ2) is 9.51. The topological polar surface area (TPSA) is 131 Å². The molecule has 0 radical (unpaired) electrons. The van der Waals surface area contributed by atoms with E-state index in [1.807, 2.05) is 0 Å². The fourth-order valence-corrected chi connectivity index (χ4v) is 4.54. The molecule has 3 aromatic carbocycles. The van der Waals surface area contributed by atoms with Crippen LogP contribution in [0.15, 0.2) is 71.6 Å². The van der Waals surface area contributed by atoms with Gasteiger partial charge in [0.2, 0.25) is 10.0 Å². The highest BCUT2D eigenvalue weighted by Crippen LogP contribution is 2.22. The Balaban J connectivity index is 1.72. The number of carbonyl (C=O) groups is 1. The summed E-state index contributed by atoms with van der Waals surface area (Å²) in [6.45, 7) is 1.72. The average molecular weight is 490 g/mol. The molecular weight excluding hydrogens is 466 g/mol. The van der Waals surface area contributed by atoms with E-state index >= 15 is 0 Å². The molecule has 0 saturated heterocycles. The number of methoxy groups -OCH3 is 1. The smallest absolute Gasteiger partial charge is 0.261 e. The number of ether oxygens (including phenoxy) is 1. The molecule has 0 unspecified atom stereocenters. The zero-order chi connectivity index (χ0) is 24.2. The highest BCUT2D eigenvalue weighted by atomic mass is 32.2. The molecule has 0 aliphatic carbocycles. The fourth-order valence-electron chi connectivity index (χ4n) is 2.87. The molecule has 0 aliphatic rings.